The van der Waals surface area contributed by atoms with Crippen LogP contribution in [0.25, 0.3) is 10.7 Å². The summed E-state index contributed by atoms with van der Waals surface area (Å²) >= 11 is 7.35. The highest BCUT2D eigenvalue weighted by Crippen LogP contribution is 2.30. The monoisotopic (exact) mass is 297 g/mol. The number of H-pyrrole nitrogens is 1. The largest absolute Gasteiger partial charge is 0.381 e. The van der Waals surface area contributed by atoms with Crippen molar-refractivity contribution in [2.45, 2.75) is 18.8 Å². The van der Waals surface area contributed by atoms with Gasteiger partial charge in [-0.25, -0.2) is 9.97 Å². The molecule has 3 rings (SSSR count). The lowest BCUT2D eigenvalue weighted by Crippen LogP contribution is -2.18. The molecule has 0 aliphatic carbocycles. The third-order valence-electron chi connectivity index (χ3n) is 3.14. The van der Waals surface area contributed by atoms with Gasteiger partial charge >= 0.3 is 0 Å². The lowest BCUT2D eigenvalue weighted by atomic mass is 9.96. The van der Waals surface area contributed by atoms with Crippen molar-refractivity contribution in [3.63, 3.8) is 0 Å². The topological polar surface area (TPSA) is 67.9 Å². The molecule has 0 atom stereocenters. The zero-order valence-electron chi connectivity index (χ0n) is 10.1. The summed E-state index contributed by atoms with van der Waals surface area (Å²) in [5.41, 5.74) is 2.29. The van der Waals surface area contributed by atoms with E-state index in [0.717, 1.165) is 31.7 Å². The van der Waals surface area contributed by atoms with Crippen LogP contribution in [0, 0.1) is 0 Å². The molecule has 0 unspecified atom stereocenters. The smallest absolute Gasteiger partial charge is 0.251 e. The van der Waals surface area contributed by atoms with Gasteiger partial charge in [0.15, 0.2) is 11.0 Å². The summed E-state index contributed by atoms with van der Waals surface area (Å²) in [6, 6.07) is 1.56. The van der Waals surface area contributed by atoms with E-state index >= 15 is 0 Å². The van der Waals surface area contributed by atoms with Crippen molar-refractivity contribution in [2.24, 2.45) is 0 Å². The van der Waals surface area contributed by atoms with Gasteiger partial charge < -0.3 is 9.72 Å². The summed E-state index contributed by atoms with van der Waals surface area (Å²) < 4.78 is 5.33. The zero-order chi connectivity index (χ0) is 13.2. The first-order valence-corrected chi connectivity index (χ1v) is 7.28. The summed E-state index contributed by atoms with van der Waals surface area (Å²) in [5.74, 6) is 0.781. The van der Waals surface area contributed by atoms with Gasteiger partial charge in [0.05, 0.1) is 11.2 Å². The van der Waals surface area contributed by atoms with Crippen molar-refractivity contribution in [3.05, 3.63) is 32.8 Å². The highest BCUT2D eigenvalue weighted by Gasteiger charge is 2.19. The molecule has 3 heterocycles. The first-order chi connectivity index (χ1) is 9.24. The Labute approximate surface area is 118 Å². The molecule has 0 bridgehead atoms. The molecule has 5 nitrogen and oxygen atoms in total. The van der Waals surface area contributed by atoms with Crippen LogP contribution < -0.4 is 5.56 Å². The molecule has 1 aliphatic rings. The van der Waals surface area contributed by atoms with Crippen molar-refractivity contribution in [1.82, 2.24) is 15.0 Å². The highest BCUT2D eigenvalue weighted by atomic mass is 35.5. The van der Waals surface area contributed by atoms with Crippen molar-refractivity contribution in [3.8, 4) is 10.7 Å². The zero-order valence-corrected chi connectivity index (χ0v) is 11.6. The summed E-state index contributed by atoms with van der Waals surface area (Å²) in [4.78, 5) is 23.7. The average molecular weight is 298 g/mol. The molecule has 100 valence electrons. The standard InChI is InChI=1S/C12H12ClN3O2S/c13-11-10(19-6-14-11)12-15-8(5-9(17)16-12)7-1-3-18-4-2-7/h5-7H,1-4H2,(H,15,16,17). The second kappa shape index (κ2) is 5.40. The molecular formula is C12H12ClN3O2S. The molecule has 1 fully saturated rings. The Morgan fingerprint density at radius 3 is 2.89 bits per heavy atom. The summed E-state index contributed by atoms with van der Waals surface area (Å²) in [6.45, 7) is 1.44. The second-order valence-electron chi connectivity index (χ2n) is 4.38. The predicted octanol–water partition coefficient (Wildman–Crippen LogP) is 2.44. The Hall–Kier alpha value is -1.24. The van der Waals surface area contributed by atoms with Crippen LogP contribution in [-0.4, -0.2) is 28.2 Å². The molecule has 0 radical (unpaired) electrons. The van der Waals surface area contributed by atoms with Crippen LogP contribution in [0.1, 0.15) is 24.5 Å². The number of halogens is 1. The fraction of sp³-hybridized carbons (Fsp3) is 0.417. The van der Waals surface area contributed by atoms with Crippen LogP contribution in [0.4, 0.5) is 0 Å². The maximum Gasteiger partial charge on any atom is 0.251 e. The summed E-state index contributed by atoms with van der Waals surface area (Å²) in [5, 5.41) is 0.372. The second-order valence-corrected chi connectivity index (χ2v) is 5.59. The van der Waals surface area contributed by atoms with Crippen LogP contribution >= 0.6 is 22.9 Å². The van der Waals surface area contributed by atoms with Crippen molar-refractivity contribution in [2.75, 3.05) is 13.2 Å². The minimum atomic E-state index is -0.157. The first-order valence-electron chi connectivity index (χ1n) is 6.02. The van der Waals surface area contributed by atoms with E-state index in [1.807, 2.05) is 0 Å². The van der Waals surface area contributed by atoms with Gasteiger partial charge in [0.2, 0.25) is 0 Å². The minimum Gasteiger partial charge on any atom is -0.381 e. The number of hydrogen-bond acceptors (Lipinski definition) is 5. The molecule has 2 aromatic rings. The Bertz CT molecular complexity index is 634. The fourth-order valence-electron chi connectivity index (χ4n) is 2.17. The van der Waals surface area contributed by atoms with Gasteiger partial charge in [-0.1, -0.05) is 11.6 Å². The summed E-state index contributed by atoms with van der Waals surface area (Å²) in [6.07, 6.45) is 1.79. The van der Waals surface area contributed by atoms with Crippen molar-refractivity contribution < 1.29 is 4.74 Å². The van der Waals surface area contributed by atoms with E-state index in [2.05, 4.69) is 15.0 Å². The number of ether oxygens (including phenoxy) is 1. The molecule has 0 aromatic carbocycles. The van der Waals surface area contributed by atoms with Crippen LogP contribution in [0.5, 0.6) is 0 Å². The Morgan fingerprint density at radius 1 is 1.42 bits per heavy atom. The molecule has 2 aromatic heterocycles. The van der Waals surface area contributed by atoms with Crippen molar-refractivity contribution in [1.29, 1.82) is 0 Å². The normalized spacial score (nSPS) is 16.7. The average Bonchev–Trinajstić information content (AvgIpc) is 2.85. The number of rotatable bonds is 2. The van der Waals surface area contributed by atoms with E-state index < -0.39 is 0 Å². The molecule has 0 saturated carbocycles. The molecule has 19 heavy (non-hydrogen) atoms. The van der Waals surface area contributed by atoms with Crippen molar-refractivity contribution >= 4 is 22.9 Å². The maximum absolute atomic E-state index is 11.8. The maximum atomic E-state index is 11.8. The highest BCUT2D eigenvalue weighted by molar-refractivity contribution is 7.13. The Balaban J connectivity index is 2.01. The lowest BCUT2D eigenvalue weighted by molar-refractivity contribution is 0.0845. The molecule has 1 N–H and O–H groups in total. The third kappa shape index (κ3) is 2.70. The van der Waals surface area contributed by atoms with Gasteiger partial charge in [0.1, 0.15) is 4.88 Å². The minimum absolute atomic E-state index is 0.157. The Morgan fingerprint density at radius 2 is 2.21 bits per heavy atom. The Kier molecular flexibility index (Phi) is 3.63. The van der Waals surface area contributed by atoms with E-state index in [0.29, 0.717) is 15.9 Å². The van der Waals surface area contributed by atoms with Gasteiger partial charge in [-0.3, -0.25) is 4.79 Å². The predicted molar refractivity (Wildman–Crippen MR) is 73.8 cm³/mol. The van der Waals surface area contributed by atoms with E-state index in [4.69, 9.17) is 16.3 Å². The van der Waals surface area contributed by atoms with Crippen LogP contribution in [0.3, 0.4) is 0 Å². The SMILES string of the molecule is O=c1cc(C2CCOCC2)nc(-c2scnc2Cl)[nH]1. The summed E-state index contributed by atoms with van der Waals surface area (Å²) in [7, 11) is 0. The molecular weight excluding hydrogens is 286 g/mol. The quantitative estimate of drug-likeness (QED) is 0.924. The van der Waals surface area contributed by atoms with Gasteiger partial charge in [-0.15, -0.1) is 11.3 Å². The van der Waals surface area contributed by atoms with E-state index in [-0.39, 0.29) is 11.5 Å². The third-order valence-corrected chi connectivity index (χ3v) is 4.37. The molecule has 7 heteroatoms. The number of nitrogens with zero attached hydrogens (tertiary/aromatic N) is 2. The van der Waals surface area contributed by atoms with Crippen LogP contribution in [0.2, 0.25) is 5.15 Å². The number of thiazole rings is 1. The number of aromatic amines is 1. The molecule has 0 amide bonds. The first kappa shape index (κ1) is 12.8. The number of hydrogen-bond donors (Lipinski definition) is 1. The van der Waals surface area contributed by atoms with E-state index in [9.17, 15) is 4.79 Å². The van der Waals surface area contributed by atoms with Gasteiger partial charge in [-0.05, 0) is 12.8 Å². The fourth-order valence-corrected chi connectivity index (χ4v) is 3.12. The van der Waals surface area contributed by atoms with Crippen LogP contribution in [0.15, 0.2) is 16.4 Å². The molecule has 1 saturated heterocycles. The molecule has 1 aliphatic heterocycles. The van der Waals surface area contributed by atoms with E-state index in [1.165, 1.54) is 11.3 Å². The van der Waals surface area contributed by atoms with Crippen LogP contribution in [-0.2, 0) is 4.74 Å². The van der Waals surface area contributed by atoms with E-state index in [1.54, 1.807) is 11.6 Å². The van der Waals surface area contributed by atoms with Gasteiger partial charge in [-0.2, -0.15) is 0 Å². The number of aromatic nitrogens is 3. The van der Waals surface area contributed by atoms with Gasteiger partial charge in [0.25, 0.3) is 5.56 Å². The van der Waals surface area contributed by atoms with Gasteiger partial charge in [0, 0.05) is 25.2 Å². The lowest BCUT2D eigenvalue weighted by Gasteiger charge is -2.21. The number of nitrogens with one attached hydrogen (secondary N) is 1. The molecule has 0 spiro atoms.